The molecule has 0 N–H and O–H groups in total. The number of rotatable bonds is 5. The molecule has 0 aliphatic heterocycles. The average Bonchev–Trinajstić information content (AvgIpc) is 2.79. The Bertz CT molecular complexity index is 1280. The van der Waals surface area contributed by atoms with Gasteiger partial charge in [-0.15, -0.1) is 0 Å². The van der Waals surface area contributed by atoms with Gasteiger partial charge in [0, 0.05) is 24.5 Å². The number of hydrogen-bond acceptors (Lipinski definition) is 7. The van der Waals surface area contributed by atoms with Crippen molar-refractivity contribution >= 4 is 28.8 Å². The lowest BCUT2D eigenvalue weighted by Gasteiger charge is -2.22. The van der Waals surface area contributed by atoms with Crippen molar-refractivity contribution in [2.24, 2.45) is 5.10 Å². The van der Waals surface area contributed by atoms with Gasteiger partial charge in [-0.3, -0.25) is 19.7 Å². The second kappa shape index (κ2) is 9.09. The SMILES string of the molecule is CC(=O)Oc1ccc(C=Nn2c(C3CCCCC3)nc3ccccc3c2=O)cc1[N+](=O)[O-]. The smallest absolute Gasteiger partial charge is 0.312 e. The molecule has 2 aromatic carbocycles. The molecule has 1 aliphatic rings. The molecule has 4 rings (SSSR count). The van der Waals surface area contributed by atoms with Crippen molar-refractivity contribution in [2.45, 2.75) is 44.9 Å². The van der Waals surface area contributed by atoms with Crippen LogP contribution in [-0.4, -0.2) is 26.8 Å². The van der Waals surface area contributed by atoms with Gasteiger partial charge < -0.3 is 4.74 Å². The molecule has 1 saturated carbocycles. The third-order valence-electron chi connectivity index (χ3n) is 5.50. The Morgan fingerprint density at radius 2 is 1.97 bits per heavy atom. The number of nitro benzene ring substituents is 1. The Labute approximate surface area is 183 Å². The van der Waals surface area contributed by atoms with Gasteiger partial charge in [-0.1, -0.05) is 31.4 Å². The summed E-state index contributed by atoms with van der Waals surface area (Å²) in [6, 6.07) is 11.3. The van der Waals surface area contributed by atoms with Crippen LogP contribution in [0.25, 0.3) is 10.9 Å². The highest BCUT2D eigenvalue weighted by atomic mass is 16.6. The van der Waals surface area contributed by atoms with E-state index in [1.165, 1.54) is 36.0 Å². The lowest BCUT2D eigenvalue weighted by Crippen LogP contribution is -2.25. The van der Waals surface area contributed by atoms with Gasteiger partial charge in [-0.2, -0.15) is 9.78 Å². The van der Waals surface area contributed by atoms with Crippen LogP contribution in [0.4, 0.5) is 5.69 Å². The van der Waals surface area contributed by atoms with Crippen LogP contribution in [0.3, 0.4) is 0 Å². The number of carbonyl (C=O) groups is 1. The maximum Gasteiger partial charge on any atom is 0.312 e. The van der Waals surface area contributed by atoms with Crippen LogP contribution in [-0.2, 0) is 4.79 Å². The summed E-state index contributed by atoms with van der Waals surface area (Å²) in [6.45, 7) is 1.17. The van der Waals surface area contributed by atoms with E-state index in [1.807, 2.05) is 12.1 Å². The van der Waals surface area contributed by atoms with Gasteiger partial charge in [-0.05, 0) is 37.1 Å². The van der Waals surface area contributed by atoms with Crippen LogP contribution in [0.5, 0.6) is 5.75 Å². The van der Waals surface area contributed by atoms with E-state index < -0.39 is 10.9 Å². The van der Waals surface area contributed by atoms with Crippen LogP contribution >= 0.6 is 0 Å². The second-order valence-corrected chi connectivity index (χ2v) is 7.76. The summed E-state index contributed by atoms with van der Waals surface area (Å²) in [6.07, 6.45) is 6.55. The molecule has 164 valence electrons. The maximum atomic E-state index is 13.2. The molecule has 1 fully saturated rings. The van der Waals surface area contributed by atoms with Gasteiger partial charge >= 0.3 is 11.7 Å². The zero-order chi connectivity index (χ0) is 22.7. The Balaban J connectivity index is 1.78. The molecule has 9 heteroatoms. The van der Waals surface area contributed by atoms with E-state index in [4.69, 9.17) is 9.72 Å². The molecule has 0 spiro atoms. The molecular formula is C23H22N4O5. The number of ether oxygens (including phenoxy) is 1. The van der Waals surface area contributed by atoms with E-state index in [0.29, 0.717) is 22.3 Å². The fourth-order valence-electron chi connectivity index (χ4n) is 4.00. The number of benzene rings is 2. The summed E-state index contributed by atoms with van der Waals surface area (Å²) in [7, 11) is 0. The van der Waals surface area contributed by atoms with Gasteiger partial charge in [0.1, 0.15) is 5.82 Å². The molecule has 1 heterocycles. The maximum absolute atomic E-state index is 13.2. The van der Waals surface area contributed by atoms with E-state index >= 15 is 0 Å². The molecule has 0 unspecified atom stereocenters. The Morgan fingerprint density at radius 3 is 2.69 bits per heavy atom. The minimum Gasteiger partial charge on any atom is -0.419 e. The topological polar surface area (TPSA) is 117 Å². The van der Waals surface area contributed by atoms with Crippen LogP contribution in [0.2, 0.25) is 0 Å². The highest BCUT2D eigenvalue weighted by Crippen LogP contribution is 2.32. The van der Waals surface area contributed by atoms with Gasteiger partial charge in [0.2, 0.25) is 5.75 Å². The monoisotopic (exact) mass is 434 g/mol. The Kier molecular flexibility index (Phi) is 6.07. The van der Waals surface area contributed by atoms with Crippen molar-refractivity contribution in [1.29, 1.82) is 0 Å². The van der Waals surface area contributed by atoms with Crippen LogP contribution in [0.1, 0.15) is 56.3 Å². The van der Waals surface area contributed by atoms with Crippen molar-refractivity contribution in [1.82, 2.24) is 9.66 Å². The van der Waals surface area contributed by atoms with E-state index in [1.54, 1.807) is 12.1 Å². The summed E-state index contributed by atoms with van der Waals surface area (Å²) < 4.78 is 6.21. The molecule has 0 bridgehead atoms. The molecule has 32 heavy (non-hydrogen) atoms. The largest absolute Gasteiger partial charge is 0.419 e. The first-order valence-corrected chi connectivity index (χ1v) is 10.5. The average molecular weight is 434 g/mol. The van der Waals surface area contributed by atoms with Gasteiger partial charge in [0.15, 0.2) is 0 Å². The molecule has 9 nitrogen and oxygen atoms in total. The summed E-state index contributed by atoms with van der Waals surface area (Å²) in [5.41, 5.74) is 0.382. The first kappa shape index (κ1) is 21.4. The van der Waals surface area contributed by atoms with E-state index in [9.17, 15) is 19.7 Å². The summed E-state index contributed by atoms with van der Waals surface area (Å²) in [5, 5.41) is 16.2. The predicted molar refractivity (Wildman–Crippen MR) is 119 cm³/mol. The number of nitro groups is 1. The Hall–Kier alpha value is -3.88. The quantitative estimate of drug-likeness (QED) is 0.196. The molecule has 1 aromatic heterocycles. The number of esters is 1. The zero-order valence-corrected chi connectivity index (χ0v) is 17.6. The van der Waals surface area contributed by atoms with Gasteiger partial charge in [0.25, 0.3) is 5.56 Å². The minimum absolute atomic E-state index is 0.124. The summed E-state index contributed by atoms with van der Waals surface area (Å²) in [4.78, 5) is 39.9. The molecule has 0 radical (unpaired) electrons. The third kappa shape index (κ3) is 4.41. The van der Waals surface area contributed by atoms with Crippen molar-refractivity contribution in [3.63, 3.8) is 0 Å². The number of para-hydroxylation sites is 1. The lowest BCUT2D eigenvalue weighted by molar-refractivity contribution is -0.385. The third-order valence-corrected chi connectivity index (χ3v) is 5.50. The normalized spacial score (nSPS) is 14.7. The van der Waals surface area contributed by atoms with Gasteiger partial charge in [0.05, 0.1) is 22.0 Å². The summed E-state index contributed by atoms with van der Waals surface area (Å²) in [5.74, 6) is -0.0675. The van der Waals surface area contributed by atoms with Crippen LogP contribution in [0, 0.1) is 10.1 Å². The number of hydrogen-bond donors (Lipinski definition) is 0. The molecule has 0 atom stereocenters. The number of nitrogens with zero attached hydrogens (tertiary/aromatic N) is 4. The fraction of sp³-hybridized carbons (Fsp3) is 0.304. The van der Waals surface area contributed by atoms with E-state index in [0.717, 1.165) is 32.1 Å². The molecule has 0 amide bonds. The Morgan fingerprint density at radius 1 is 1.22 bits per heavy atom. The second-order valence-electron chi connectivity index (χ2n) is 7.76. The minimum atomic E-state index is -0.652. The van der Waals surface area contributed by atoms with Crippen LogP contribution < -0.4 is 10.3 Å². The van der Waals surface area contributed by atoms with Gasteiger partial charge in [-0.25, -0.2) is 4.98 Å². The number of carbonyl (C=O) groups excluding carboxylic acids is 1. The lowest BCUT2D eigenvalue weighted by atomic mass is 9.88. The first-order chi connectivity index (χ1) is 15.4. The number of aromatic nitrogens is 2. The molecule has 3 aromatic rings. The van der Waals surface area contributed by atoms with E-state index in [2.05, 4.69) is 5.10 Å². The predicted octanol–water partition coefficient (Wildman–Crippen LogP) is 4.16. The van der Waals surface area contributed by atoms with E-state index in [-0.39, 0.29) is 22.9 Å². The fourth-order valence-corrected chi connectivity index (χ4v) is 4.00. The van der Waals surface area contributed by atoms with Crippen molar-refractivity contribution < 1.29 is 14.5 Å². The standard InChI is InChI=1S/C23H22N4O5/c1-15(28)32-21-12-11-16(13-20(21)27(30)31)14-24-26-22(17-7-3-2-4-8-17)25-19-10-6-5-9-18(19)23(26)29/h5-6,9-14,17H,2-4,7-8H2,1H3. The summed E-state index contributed by atoms with van der Waals surface area (Å²) >= 11 is 0. The number of fused-ring (bicyclic) bond motifs is 1. The molecule has 1 aliphatic carbocycles. The van der Waals surface area contributed by atoms with Crippen LogP contribution in [0.15, 0.2) is 52.4 Å². The van der Waals surface area contributed by atoms with Crippen molar-refractivity contribution in [3.05, 3.63) is 74.3 Å². The first-order valence-electron chi connectivity index (χ1n) is 10.5. The molecular weight excluding hydrogens is 412 g/mol. The zero-order valence-electron chi connectivity index (χ0n) is 17.6. The highest BCUT2D eigenvalue weighted by molar-refractivity contribution is 5.82. The van der Waals surface area contributed by atoms with Crippen molar-refractivity contribution in [2.75, 3.05) is 0 Å². The highest BCUT2D eigenvalue weighted by Gasteiger charge is 2.22. The molecule has 0 saturated heterocycles. The van der Waals surface area contributed by atoms with Crippen molar-refractivity contribution in [3.8, 4) is 5.75 Å².